The van der Waals surface area contributed by atoms with Gasteiger partial charge in [-0.2, -0.15) is 0 Å². The van der Waals surface area contributed by atoms with Gasteiger partial charge in [-0.1, -0.05) is 34.1 Å². The van der Waals surface area contributed by atoms with Gasteiger partial charge in [-0.3, -0.25) is 0 Å². The summed E-state index contributed by atoms with van der Waals surface area (Å²) in [5.74, 6) is 0.943. The Kier molecular flexibility index (Phi) is 2.96. The van der Waals surface area contributed by atoms with Crippen LogP contribution in [0.4, 0.5) is 0 Å². The molecule has 0 N–H and O–H groups in total. The van der Waals surface area contributed by atoms with Crippen LogP contribution < -0.4 is 0 Å². The molecule has 78 valence electrons. The minimum absolute atomic E-state index is 0.145. The maximum Gasteiger partial charge on any atom is 0.121 e. The van der Waals surface area contributed by atoms with Crippen molar-refractivity contribution in [3.63, 3.8) is 0 Å². The number of hydrogen-bond donors (Lipinski definition) is 0. The first kappa shape index (κ1) is 10.5. The van der Waals surface area contributed by atoms with E-state index in [1.807, 2.05) is 12.1 Å². The van der Waals surface area contributed by atoms with Crippen molar-refractivity contribution in [3.8, 4) is 0 Å². The fraction of sp³-hybridized carbons (Fsp3) is 0.231. The van der Waals surface area contributed by atoms with E-state index in [0.29, 0.717) is 0 Å². The van der Waals surface area contributed by atoms with Crippen molar-refractivity contribution in [2.45, 2.75) is 18.7 Å². The zero-order valence-electron chi connectivity index (χ0n) is 8.83. The Bertz CT molecular complexity index is 446. The molecular formula is C13H13BrO. The molecule has 0 radical (unpaired) electrons. The molecule has 15 heavy (non-hydrogen) atoms. The fourth-order valence-corrected chi connectivity index (χ4v) is 2.07. The molecule has 0 bridgehead atoms. The number of benzene rings is 1. The van der Waals surface area contributed by atoms with Crippen LogP contribution in [0.1, 0.15) is 27.3 Å². The van der Waals surface area contributed by atoms with E-state index in [1.165, 1.54) is 16.7 Å². The lowest BCUT2D eigenvalue weighted by Crippen LogP contribution is -1.92. The third-order valence-corrected chi connectivity index (χ3v) is 3.60. The maximum atomic E-state index is 5.37. The van der Waals surface area contributed by atoms with Gasteiger partial charge in [-0.05, 0) is 42.7 Å². The largest absolute Gasteiger partial charge is 0.468 e. The van der Waals surface area contributed by atoms with Crippen LogP contribution in [0.25, 0.3) is 0 Å². The second kappa shape index (κ2) is 4.23. The van der Waals surface area contributed by atoms with Crippen molar-refractivity contribution < 1.29 is 4.42 Å². The molecule has 1 aromatic heterocycles. The number of hydrogen-bond acceptors (Lipinski definition) is 1. The van der Waals surface area contributed by atoms with Gasteiger partial charge in [0, 0.05) is 0 Å². The van der Waals surface area contributed by atoms with E-state index in [1.54, 1.807) is 6.26 Å². The normalized spacial score (nSPS) is 12.7. The Balaban J connectivity index is 2.34. The summed E-state index contributed by atoms with van der Waals surface area (Å²) < 4.78 is 5.37. The number of halogens is 1. The van der Waals surface area contributed by atoms with Crippen LogP contribution in [-0.4, -0.2) is 0 Å². The van der Waals surface area contributed by atoms with Crippen LogP contribution in [0, 0.1) is 13.8 Å². The molecule has 0 aliphatic heterocycles. The predicted octanol–water partition coefficient (Wildman–Crippen LogP) is 4.38. The number of furan rings is 1. The highest BCUT2D eigenvalue weighted by Crippen LogP contribution is 2.31. The molecule has 0 fully saturated rings. The number of alkyl halides is 1. The Morgan fingerprint density at radius 2 is 1.93 bits per heavy atom. The topological polar surface area (TPSA) is 13.1 Å². The van der Waals surface area contributed by atoms with Gasteiger partial charge >= 0.3 is 0 Å². The molecule has 2 aromatic rings. The van der Waals surface area contributed by atoms with E-state index < -0.39 is 0 Å². The summed E-state index contributed by atoms with van der Waals surface area (Å²) in [6, 6.07) is 10.3. The van der Waals surface area contributed by atoms with Crippen molar-refractivity contribution in [2.24, 2.45) is 0 Å². The molecule has 2 heteroatoms. The first-order chi connectivity index (χ1) is 7.18. The van der Waals surface area contributed by atoms with E-state index in [2.05, 4.69) is 48.0 Å². The summed E-state index contributed by atoms with van der Waals surface area (Å²) in [7, 11) is 0. The first-order valence-corrected chi connectivity index (χ1v) is 5.84. The molecule has 0 saturated carbocycles. The van der Waals surface area contributed by atoms with Crippen LogP contribution in [0.2, 0.25) is 0 Å². The second-order valence-electron chi connectivity index (χ2n) is 3.72. The fourth-order valence-electron chi connectivity index (χ4n) is 1.52. The first-order valence-electron chi connectivity index (χ1n) is 4.93. The van der Waals surface area contributed by atoms with E-state index >= 15 is 0 Å². The molecule has 0 amide bonds. The lowest BCUT2D eigenvalue weighted by Gasteiger charge is -2.09. The summed E-state index contributed by atoms with van der Waals surface area (Å²) >= 11 is 3.64. The molecule has 0 saturated heterocycles. The molecule has 1 atom stereocenters. The highest BCUT2D eigenvalue weighted by molar-refractivity contribution is 9.09. The molecule has 1 aromatic carbocycles. The third-order valence-electron chi connectivity index (χ3n) is 2.62. The molecule has 0 aliphatic carbocycles. The summed E-state index contributed by atoms with van der Waals surface area (Å²) in [6.07, 6.45) is 1.70. The van der Waals surface area contributed by atoms with Gasteiger partial charge in [0.25, 0.3) is 0 Å². The van der Waals surface area contributed by atoms with E-state index in [0.717, 1.165) is 5.76 Å². The molecule has 1 unspecified atom stereocenters. The van der Waals surface area contributed by atoms with Crippen LogP contribution in [0.5, 0.6) is 0 Å². The third kappa shape index (κ3) is 2.15. The van der Waals surface area contributed by atoms with Gasteiger partial charge in [0.2, 0.25) is 0 Å². The van der Waals surface area contributed by atoms with Gasteiger partial charge in [0.15, 0.2) is 0 Å². The summed E-state index contributed by atoms with van der Waals surface area (Å²) in [5, 5.41) is 0. The molecule has 2 rings (SSSR count). The van der Waals surface area contributed by atoms with Crippen LogP contribution >= 0.6 is 15.9 Å². The minimum atomic E-state index is 0.145. The molecule has 0 aliphatic rings. The standard InChI is InChI=1S/C13H13BrO/c1-9-5-6-11(8-10(9)2)13(14)12-4-3-7-15-12/h3-8,13H,1-2H3. The Hall–Kier alpha value is -1.02. The van der Waals surface area contributed by atoms with Gasteiger partial charge in [0.05, 0.1) is 11.1 Å². The number of aryl methyl sites for hydroxylation is 2. The van der Waals surface area contributed by atoms with Crippen molar-refractivity contribution >= 4 is 15.9 Å². The average Bonchev–Trinajstić information content (AvgIpc) is 2.74. The van der Waals surface area contributed by atoms with Crippen molar-refractivity contribution in [1.29, 1.82) is 0 Å². The van der Waals surface area contributed by atoms with Gasteiger partial charge < -0.3 is 4.42 Å². The summed E-state index contributed by atoms with van der Waals surface area (Å²) in [6.45, 7) is 4.25. The van der Waals surface area contributed by atoms with E-state index in [4.69, 9.17) is 4.42 Å². The summed E-state index contributed by atoms with van der Waals surface area (Å²) in [5.41, 5.74) is 3.86. The predicted molar refractivity (Wildman–Crippen MR) is 65.4 cm³/mol. The molecule has 1 nitrogen and oxygen atoms in total. The highest BCUT2D eigenvalue weighted by Gasteiger charge is 2.12. The zero-order valence-corrected chi connectivity index (χ0v) is 10.4. The highest BCUT2D eigenvalue weighted by atomic mass is 79.9. The smallest absolute Gasteiger partial charge is 0.121 e. The second-order valence-corrected chi connectivity index (χ2v) is 4.64. The SMILES string of the molecule is Cc1ccc(C(Br)c2ccco2)cc1C. The molecule has 0 spiro atoms. The van der Waals surface area contributed by atoms with Gasteiger partial charge in [-0.25, -0.2) is 0 Å². The van der Waals surface area contributed by atoms with Crippen LogP contribution in [0.15, 0.2) is 41.0 Å². The van der Waals surface area contributed by atoms with Crippen molar-refractivity contribution in [1.82, 2.24) is 0 Å². The minimum Gasteiger partial charge on any atom is -0.468 e. The maximum absolute atomic E-state index is 5.37. The van der Waals surface area contributed by atoms with E-state index in [9.17, 15) is 0 Å². The van der Waals surface area contributed by atoms with Crippen molar-refractivity contribution in [2.75, 3.05) is 0 Å². The molecular weight excluding hydrogens is 252 g/mol. The lowest BCUT2D eigenvalue weighted by atomic mass is 10.0. The average molecular weight is 265 g/mol. The summed E-state index contributed by atoms with van der Waals surface area (Å²) in [4.78, 5) is 0.145. The van der Waals surface area contributed by atoms with Gasteiger partial charge in [0.1, 0.15) is 5.76 Å². The number of rotatable bonds is 2. The van der Waals surface area contributed by atoms with Crippen molar-refractivity contribution in [3.05, 3.63) is 59.0 Å². The Morgan fingerprint density at radius 3 is 2.53 bits per heavy atom. The van der Waals surface area contributed by atoms with Crippen LogP contribution in [-0.2, 0) is 0 Å². The Morgan fingerprint density at radius 1 is 1.13 bits per heavy atom. The Labute approximate surface area is 98.2 Å². The monoisotopic (exact) mass is 264 g/mol. The quantitative estimate of drug-likeness (QED) is 0.734. The van der Waals surface area contributed by atoms with Crippen LogP contribution in [0.3, 0.4) is 0 Å². The molecule has 1 heterocycles. The van der Waals surface area contributed by atoms with Gasteiger partial charge in [-0.15, -0.1) is 0 Å². The van der Waals surface area contributed by atoms with E-state index in [-0.39, 0.29) is 4.83 Å². The lowest BCUT2D eigenvalue weighted by molar-refractivity contribution is 0.519. The zero-order chi connectivity index (χ0) is 10.8.